The van der Waals surface area contributed by atoms with E-state index in [9.17, 15) is 14.4 Å². The monoisotopic (exact) mass is 528 g/mol. The van der Waals surface area contributed by atoms with E-state index in [1.54, 1.807) is 78.9 Å². The van der Waals surface area contributed by atoms with Crippen LogP contribution in [0.25, 0.3) is 6.08 Å². The number of ether oxygens (including phenoxy) is 2. The third-order valence-electron chi connectivity index (χ3n) is 6.33. The summed E-state index contributed by atoms with van der Waals surface area (Å²) in [4.78, 5) is 40.7. The molecule has 0 radical (unpaired) electrons. The number of rotatable bonds is 12. The second kappa shape index (κ2) is 12.7. The molecule has 1 heterocycles. The van der Waals surface area contributed by atoms with Gasteiger partial charge in [0.2, 0.25) is 0 Å². The van der Waals surface area contributed by atoms with Gasteiger partial charge in [0.05, 0.1) is 17.9 Å². The fraction of sp³-hybridized carbons (Fsp3) is 0.233. The number of hydrogen-bond acceptors (Lipinski definition) is 6. The summed E-state index contributed by atoms with van der Waals surface area (Å²) in [6.45, 7) is 7.87. The fourth-order valence-electron chi connectivity index (χ4n) is 4.16. The van der Waals surface area contributed by atoms with E-state index in [4.69, 9.17) is 15.2 Å². The number of nitrogens with one attached hydrogen (secondary N) is 1. The first-order valence-electron chi connectivity index (χ1n) is 12.9. The van der Waals surface area contributed by atoms with E-state index in [2.05, 4.69) is 24.1 Å². The van der Waals surface area contributed by atoms with Crippen LogP contribution in [-0.4, -0.2) is 49.0 Å². The molecular weight excluding hydrogens is 496 g/mol. The van der Waals surface area contributed by atoms with Crippen LogP contribution >= 0.6 is 0 Å². The normalized spacial score (nSPS) is 14.1. The minimum Gasteiger partial charge on any atom is -0.494 e. The molecule has 0 aromatic heterocycles. The molecule has 202 valence electrons. The number of anilines is 1. The predicted octanol–water partition coefficient (Wildman–Crippen LogP) is 4.79. The first kappa shape index (κ1) is 27.4. The number of urea groups is 1. The Morgan fingerprint density at radius 2 is 1.62 bits per heavy atom. The van der Waals surface area contributed by atoms with Crippen LogP contribution in [0.5, 0.6) is 17.2 Å². The molecular formula is C30H32N4O5. The van der Waals surface area contributed by atoms with Crippen LogP contribution in [0.1, 0.15) is 36.2 Å². The Labute approximate surface area is 227 Å². The maximum Gasteiger partial charge on any atom is 0.333 e. The fourth-order valence-corrected chi connectivity index (χ4v) is 4.16. The Morgan fingerprint density at radius 1 is 0.949 bits per heavy atom. The van der Waals surface area contributed by atoms with Crippen molar-refractivity contribution in [1.29, 1.82) is 0 Å². The molecule has 9 nitrogen and oxygen atoms in total. The van der Waals surface area contributed by atoms with E-state index in [1.807, 2.05) is 0 Å². The summed E-state index contributed by atoms with van der Waals surface area (Å²) in [5.41, 5.74) is 6.98. The largest absolute Gasteiger partial charge is 0.494 e. The molecule has 4 amide bonds. The first-order chi connectivity index (χ1) is 18.9. The highest BCUT2D eigenvalue weighted by atomic mass is 16.5. The zero-order chi connectivity index (χ0) is 27.8. The quantitative estimate of drug-likeness (QED) is 0.199. The van der Waals surface area contributed by atoms with Crippen molar-refractivity contribution >= 4 is 29.6 Å². The lowest BCUT2D eigenvalue weighted by molar-refractivity contribution is -0.113. The van der Waals surface area contributed by atoms with Crippen molar-refractivity contribution in [3.8, 4) is 17.2 Å². The molecule has 0 aliphatic carbocycles. The molecule has 4 rings (SSSR count). The van der Waals surface area contributed by atoms with Gasteiger partial charge in [-0.05, 0) is 79.7 Å². The maximum absolute atomic E-state index is 13.0. The van der Waals surface area contributed by atoms with E-state index in [0.29, 0.717) is 35.1 Å². The summed E-state index contributed by atoms with van der Waals surface area (Å²) in [6.07, 6.45) is 2.51. The molecule has 3 N–H and O–H groups in total. The summed E-state index contributed by atoms with van der Waals surface area (Å²) < 4.78 is 11.6. The molecule has 1 aliphatic heterocycles. The van der Waals surface area contributed by atoms with Gasteiger partial charge in [0.25, 0.3) is 11.8 Å². The van der Waals surface area contributed by atoms with Gasteiger partial charge in [0.1, 0.15) is 22.9 Å². The molecule has 3 aromatic rings. The maximum atomic E-state index is 13.0. The van der Waals surface area contributed by atoms with Crippen LogP contribution in [0, 0.1) is 0 Å². The highest BCUT2D eigenvalue weighted by molar-refractivity contribution is 6.28. The number of imide groups is 1. The van der Waals surface area contributed by atoms with Crippen molar-refractivity contribution in [3.05, 3.63) is 89.6 Å². The number of nitrogens with two attached hydrogens (primary N) is 1. The molecule has 39 heavy (non-hydrogen) atoms. The van der Waals surface area contributed by atoms with Gasteiger partial charge in [-0.2, -0.15) is 0 Å². The van der Waals surface area contributed by atoms with Crippen LogP contribution in [0.15, 0.2) is 78.5 Å². The van der Waals surface area contributed by atoms with Crippen molar-refractivity contribution in [2.45, 2.75) is 20.3 Å². The van der Waals surface area contributed by atoms with E-state index >= 15 is 0 Å². The van der Waals surface area contributed by atoms with Gasteiger partial charge in [0.15, 0.2) is 0 Å². The van der Waals surface area contributed by atoms with E-state index in [0.717, 1.165) is 31.0 Å². The highest BCUT2D eigenvalue weighted by Crippen LogP contribution is 2.27. The standard InChI is InChI=1S/C30H32N4O5/c1-3-33(4-2)18-7-19-38-23-16-12-22(13-17-23)34-29(36)26(32-30(34)37)20-21-10-14-24(15-11-21)39-27-9-6-5-8-25(27)28(31)35/h5-6,8-17,20H,3-4,7,18-19H2,1-2H3,(H2,31,35)(H,32,37). The lowest BCUT2D eigenvalue weighted by atomic mass is 10.1. The van der Waals surface area contributed by atoms with Crippen LogP contribution in [-0.2, 0) is 4.79 Å². The minimum absolute atomic E-state index is 0.157. The summed E-state index contributed by atoms with van der Waals surface area (Å²) in [5.74, 6) is 0.483. The van der Waals surface area contributed by atoms with Gasteiger partial charge in [-0.3, -0.25) is 9.59 Å². The summed E-state index contributed by atoms with van der Waals surface area (Å²) in [5, 5.41) is 2.63. The lowest BCUT2D eigenvalue weighted by Crippen LogP contribution is -2.30. The second-order valence-electron chi connectivity index (χ2n) is 8.88. The third-order valence-corrected chi connectivity index (χ3v) is 6.33. The lowest BCUT2D eigenvalue weighted by Gasteiger charge is -2.18. The van der Waals surface area contributed by atoms with Crippen LogP contribution in [0.2, 0.25) is 0 Å². The smallest absolute Gasteiger partial charge is 0.333 e. The van der Waals surface area contributed by atoms with Gasteiger partial charge in [-0.1, -0.05) is 38.1 Å². The Kier molecular flexibility index (Phi) is 8.96. The van der Waals surface area contributed by atoms with Gasteiger partial charge < -0.3 is 25.4 Å². The van der Waals surface area contributed by atoms with Crippen molar-refractivity contribution in [3.63, 3.8) is 0 Å². The van der Waals surface area contributed by atoms with Crippen LogP contribution < -0.4 is 25.4 Å². The second-order valence-corrected chi connectivity index (χ2v) is 8.88. The molecule has 0 unspecified atom stereocenters. The molecule has 1 fully saturated rings. The number of amides is 4. The summed E-state index contributed by atoms with van der Waals surface area (Å²) >= 11 is 0. The molecule has 0 bridgehead atoms. The van der Waals surface area contributed by atoms with E-state index in [-0.39, 0.29) is 11.3 Å². The zero-order valence-corrected chi connectivity index (χ0v) is 22.1. The van der Waals surface area contributed by atoms with Crippen molar-refractivity contribution in [1.82, 2.24) is 10.2 Å². The van der Waals surface area contributed by atoms with Crippen LogP contribution in [0.4, 0.5) is 10.5 Å². The molecule has 9 heteroatoms. The predicted molar refractivity (Wildman–Crippen MR) is 150 cm³/mol. The average Bonchev–Trinajstić information content (AvgIpc) is 3.22. The first-order valence-corrected chi connectivity index (χ1v) is 12.9. The van der Waals surface area contributed by atoms with Gasteiger partial charge in [0, 0.05) is 6.54 Å². The number of nitrogens with zero attached hydrogens (tertiary/aromatic N) is 2. The average molecular weight is 529 g/mol. The Balaban J connectivity index is 1.37. The minimum atomic E-state index is -0.583. The molecule has 0 spiro atoms. The number of benzene rings is 3. The molecule has 1 aliphatic rings. The van der Waals surface area contributed by atoms with Crippen molar-refractivity contribution < 1.29 is 23.9 Å². The molecule has 0 saturated carbocycles. The van der Waals surface area contributed by atoms with Gasteiger partial charge in [-0.25, -0.2) is 9.69 Å². The number of carbonyl (C=O) groups excluding carboxylic acids is 3. The Bertz CT molecular complexity index is 1350. The summed E-state index contributed by atoms with van der Waals surface area (Å²) in [6, 6.07) is 19.9. The van der Waals surface area contributed by atoms with Gasteiger partial charge >= 0.3 is 6.03 Å². The Morgan fingerprint density at radius 3 is 2.28 bits per heavy atom. The summed E-state index contributed by atoms with van der Waals surface area (Å²) in [7, 11) is 0. The number of para-hydroxylation sites is 1. The number of primary amides is 1. The third kappa shape index (κ3) is 6.82. The molecule has 1 saturated heterocycles. The zero-order valence-electron chi connectivity index (χ0n) is 22.1. The number of carbonyl (C=O) groups is 3. The SMILES string of the molecule is CCN(CC)CCCOc1ccc(N2C(=O)NC(=Cc3ccc(Oc4ccccc4C(N)=O)cc3)C2=O)cc1. The molecule has 0 atom stereocenters. The molecule has 3 aromatic carbocycles. The highest BCUT2D eigenvalue weighted by Gasteiger charge is 2.34. The topological polar surface area (TPSA) is 114 Å². The van der Waals surface area contributed by atoms with E-state index in [1.165, 1.54) is 0 Å². The van der Waals surface area contributed by atoms with E-state index < -0.39 is 17.8 Å². The number of hydrogen-bond donors (Lipinski definition) is 2. The van der Waals surface area contributed by atoms with Crippen molar-refractivity contribution in [2.24, 2.45) is 5.73 Å². The Hall–Kier alpha value is -4.63. The van der Waals surface area contributed by atoms with Gasteiger partial charge in [-0.15, -0.1) is 0 Å². The van der Waals surface area contributed by atoms with Crippen molar-refractivity contribution in [2.75, 3.05) is 31.1 Å². The van der Waals surface area contributed by atoms with Crippen LogP contribution in [0.3, 0.4) is 0 Å².